The first-order valence-corrected chi connectivity index (χ1v) is 20.7. The number of rotatable bonds is 5. The lowest BCUT2D eigenvalue weighted by molar-refractivity contribution is 0.670. The first-order chi connectivity index (χ1) is 25.0. The number of fused-ring (bicyclic) bond motifs is 8. The van der Waals surface area contributed by atoms with Crippen molar-refractivity contribution >= 4 is 68.2 Å². The number of para-hydroxylation sites is 2. The van der Waals surface area contributed by atoms with Crippen molar-refractivity contribution in [2.24, 2.45) is 0 Å². The summed E-state index contributed by atoms with van der Waals surface area (Å²) in [6, 6.07) is 64.0. The molecule has 1 aliphatic heterocycles. The Hall–Kier alpha value is -6.16. The summed E-state index contributed by atoms with van der Waals surface area (Å²) in [5, 5.41) is 7.69. The van der Waals surface area contributed by atoms with E-state index in [9.17, 15) is 0 Å². The Morgan fingerprint density at radius 1 is 0.451 bits per heavy atom. The molecule has 8 aromatic carbocycles. The van der Waals surface area contributed by atoms with Crippen LogP contribution in [0.4, 0.5) is 17.1 Å². The Bertz CT molecular complexity index is 2780. The van der Waals surface area contributed by atoms with Crippen LogP contribution in [0.25, 0.3) is 66.1 Å². The molecule has 1 aromatic heterocycles. The molecule has 0 amide bonds. The number of nitrogens with zero attached hydrogens (tertiary/aromatic N) is 1. The molecule has 242 valence electrons. The lowest BCUT2D eigenvalue weighted by Crippen LogP contribution is -2.49. The number of hydrogen-bond donors (Lipinski definition) is 0. The molecule has 2 heterocycles. The van der Waals surface area contributed by atoms with Gasteiger partial charge >= 0.3 is 0 Å². The van der Waals surface area contributed by atoms with Crippen LogP contribution in [0.5, 0.6) is 0 Å². The van der Waals surface area contributed by atoms with Crippen LogP contribution >= 0.6 is 0 Å². The second kappa shape index (κ2) is 11.4. The van der Waals surface area contributed by atoms with Crippen LogP contribution in [0.2, 0.25) is 13.1 Å². The molecule has 10 rings (SSSR count). The molecule has 0 radical (unpaired) electrons. The summed E-state index contributed by atoms with van der Waals surface area (Å²) < 4.78 is 6.62. The predicted molar refractivity (Wildman–Crippen MR) is 219 cm³/mol. The molecule has 51 heavy (non-hydrogen) atoms. The Labute approximate surface area is 298 Å². The second-order valence-electron chi connectivity index (χ2n) is 14.1. The molecular formula is C48H35NOSi. The molecule has 0 N–H and O–H groups in total. The minimum absolute atomic E-state index is 0.946. The van der Waals surface area contributed by atoms with Crippen molar-refractivity contribution in [1.29, 1.82) is 0 Å². The molecule has 3 heteroatoms. The van der Waals surface area contributed by atoms with E-state index in [0.29, 0.717) is 0 Å². The van der Waals surface area contributed by atoms with Gasteiger partial charge in [0.05, 0.1) is 5.69 Å². The summed E-state index contributed by atoms with van der Waals surface area (Å²) >= 11 is 0. The van der Waals surface area contributed by atoms with Gasteiger partial charge in [-0.3, -0.25) is 0 Å². The van der Waals surface area contributed by atoms with Crippen molar-refractivity contribution in [1.82, 2.24) is 0 Å². The molecule has 0 spiro atoms. The smallest absolute Gasteiger partial charge is 0.143 e. The molecule has 0 atom stereocenters. The van der Waals surface area contributed by atoms with E-state index in [1.165, 1.54) is 65.3 Å². The van der Waals surface area contributed by atoms with Gasteiger partial charge in [0, 0.05) is 33.3 Å². The number of hydrogen-bond acceptors (Lipinski definition) is 2. The first-order valence-electron chi connectivity index (χ1n) is 17.7. The van der Waals surface area contributed by atoms with Crippen molar-refractivity contribution in [3.05, 3.63) is 176 Å². The minimum Gasteiger partial charge on any atom is -0.455 e. The third-order valence-electron chi connectivity index (χ3n) is 10.8. The minimum atomic E-state index is -2.07. The molecule has 9 aromatic rings. The van der Waals surface area contributed by atoms with Crippen LogP contribution < -0.4 is 15.3 Å². The van der Waals surface area contributed by atoms with E-state index in [1.54, 1.807) is 0 Å². The van der Waals surface area contributed by atoms with Crippen LogP contribution in [-0.2, 0) is 0 Å². The molecule has 0 aliphatic carbocycles. The molecule has 0 bridgehead atoms. The molecule has 0 fully saturated rings. The highest BCUT2D eigenvalue weighted by Gasteiger charge is 2.40. The van der Waals surface area contributed by atoms with Crippen LogP contribution in [-0.4, -0.2) is 8.07 Å². The van der Waals surface area contributed by atoms with E-state index in [-0.39, 0.29) is 0 Å². The third-order valence-corrected chi connectivity index (χ3v) is 14.4. The average molecular weight is 670 g/mol. The highest BCUT2D eigenvalue weighted by Crippen LogP contribution is 2.44. The van der Waals surface area contributed by atoms with E-state index in [0.717, 1.165) is 28.2 Å². The Balaban J connectivity index is 1.17. The zero-order valence-corrected chi connectivity index (χ0v) is 29.6. The Morgan fingerprint density at radius 2 is 1.12 bits per heavy atom. The van der Waals surface area contributed by atoms with Gasteiger partial charge in [-0.15, -0.1) is 0 Å². The summed E-state index contributed by atoms with van der Waals surface area (Å²) in [7, 11) is -2.07. The van der Waals surface area contributed by atoms with Crippen molar-refractivity contribution in [2.75, 3.05) is 4.90 Å². The largest absolute Gasteiger partial charge is 0.455 e. The Morgan fingerprint density at radius 3 is 1.96 bits per heavy atom. The fourth-order valence-electron chi connectivity index (χ4n) is 8.27. The maximum atomic E-state index is 6.62. The van der Waals surface area contributed by atoms with Crippen LogP contribution in [0.15, 0.2) is 180 Å². The number of furan rings is 1. The van der Waals surface area contributed by atoms with Gasteiger partial charge in [0.1, 0.15) is 19.2 Å². The predicted octanol–water partition coefficient (Wildman–Crippen LogP) is 12.3. The van der Waals surface area contributed by atoms with Crippen LogP contribution in [0.3, 0.4) is 0 Å². The standard InChI is InChI=1S/C48H35NOSi/c1-51(2)45-28-27-41-40-18-10-12-20-44(40)50-48(41)47(45)42-26-25-38(31-46(42)51)49(43-19-11-9-17-39(43)33-15-7-4-8-16-33)37-24-23-35-29-34(21-22-36(35)30-37)32-13-5-3-6-14-32/h3-31H,1-2H3. The molecule has 2 nitrogen and oxygen atoms in total. The maximum absolute atomic E-state index is 6.62. The molecule has 0 unspecified atom stereocenters. The van der Waals surface area contributed by atoms with Gasteiger partial charge < -0.3 is 9.32 Å². The topological polar surface area (TPSA) is 16.4 Å². The van der Waals surface area contributed by atoms with Gasteiger partial charge in [-0.1, -0.05) is 147 Å². The van der Waals surface area contributed by atoms with Crippen molar-refractivity contribution in [2.45, 2.75) is 13.1 Å². The van der Waals surface area contributed by atoms with E-state index >= 15 is 0 Å². The fourth-order valence-corrected chi connectivity index (χ4v) is 11.3. The van der Waals surface area contributed by atoms with Gasteiger partial charge in [-0.25, -0.2) is 0 Å². The number of benzene rings is 8. The zero-order valence-electron chi connectivity index (χ0n) is 28.6. The summed E-state index contributed by atoms with van der Waals surface area (Å²) in [5.74, 6) is 0. The van der Waals surface area contributed by atoms with E-state index in [1.807, 2.05) is 0 Å². The van der Waals surface area contributed by atoms with Gasteiger partial charge in [-0.2, -0.15) is 0 Å². The van der Waals surface area contributed by atoms with Gasteiger partial charge in [-0.05, 0) is 85.9 Å². The molecule has 0 saturated heterocycles. The normalized spacial score (nSPS) is 13.1. The van der Waals surface area contributed by atoms with Crippen molar-refractivity contribution < 1.29 is 4.42 Å². The summed E-state index contributed by atoms with van der Waals surface area (Å²) in [4.78, 5) is 2.46. The van der Waals surface area contributed by atoms with Gasteiger partial charge in [0.15, 0.2) is 0 Å². The number of anilines is 3. The fraction of sp³-hybridized carbons (Fsp3) is 0.0417. The van der Waals surface area contributed by atoms with Crippen LogP contribution in [0, 0.1) is 0 Å². The van der Waals surface area contributed by atoms with Crippen molar-refractivity contribution in [3.63, 3.8) is 0 Å². The first kappa shape index (κ1) is 29.7. The third kappa shape index (κ3) is 4.70. The molecule has 1 aliphatic rings. The van der Waals surface area contributed by atoms with E-state index in [2.05, 4.69) is 194 Å². The lowest BCUT2D eigenvalue weighted by atomic mass is 9.99. The molecular weight excluding hydrogens is 635 g/mol. The van der Waals surface area contributed by atoms with E-state index < -0.39 is 8.07 Å². The van der Waals surface area contributed by atoms with Crippen LogP contribution in [0.1, 0.15) is 0 Å². The van der Waals surface area contributed by atoms with Gasteiger partial charge in [0.25, 0.3) is 0 Å². The van der Waals surface area contributed by atoms with Crippen molar-refractivity contribution in [3.8, 4) is 33.4 Å². The zero-order chi connectivity index (χ0) is 34.1. The maximum Gasteiger partial charge on any atom is 0.143 e. The molecule has 0 saturated carbocycles. The highest BCUT2D eigenvalue weighted by molar-refractivity contribution is 7.04. The Kier molecular flexibility index (Phi) is 6.67. The highest BCUT2D eigenvalue weighted by atomic mass is 28.3. The second-order valence-corrected chi connectivity index (χ2v) is 18.5. The average Bonchev–Trinajstić information content (AvgIpc) is 3.67. The SMILES string of the molecule is C[Si]1(C)c2cc(N(c3ccc4cc(-c5ccccc5)ccc4c3)c3ccccc3-c3ccccc3)ccc2-c2c1ccc1c2oc2ccccc21. The van der Waals surface area contributed by atoms with E-state index in [4.69, 9.17) is 4.42 Å². The lowest BCUT2D eigenvalue weighted by Gasteiger charge is -2.29. The van der Waals surface area contributed by atoms with Gasteiger partial charge in [0.2, 0.25) is 0 Å². The summed E-state index contributed by atoms with van der Waals surface area (Å²) in [6.45, 7) is 4.97. The summed E-state index contributed by atoms with van der Waals surface area (Å²) in [6.07, 6.45) is 0. The monoisotopic (exact) mass is 669 g/mol. The quantitative estimate of drug-likeness (QED) is 0.170. The summed E-state index contributed by atoms with van der Waals surface area (Å²) in [5.41, 5.74) is 12.8.